The van der Waals surface area contributed by atoms with E-state index in [4.69, 9.17) is 9.47 Å². The Bertz CT molecular complexity index is 1090. The third-order valence-electron chi connectivity index (χ3n) is 7.62. The molecule has 2 aromatic carbocycles. The molecule has 3 aliphatic rings. The molecule has 186 valence electrons. The molecular weight excluding hydrogens is 440 g/mol. The van der Waals surface area contributed by atoms with Crippen LogP contribution in [0.4, 0.5) is 0 Å². The summed E-state index contributed by atoms with van der Waals surface area (Å²) < 4.78 is 12.3. The first kappa shape index (κ1) is 24.0. The van der Waals surface area contributed by atoms with Crippen LogP contribution in [-0.4, -0.2) is 73.5 Å². The number of ether oxygens (including phenoxy) is 2. The molecular formula is C29H36N2O4. The summed E-state index contributed by atoms with van der Waals surface area (Å²) in [6.07, 6.45) is 3.85. The standard InChI is InChI=1S/C29H36N2O4/c1-3-34-29-25(9-6-16-32)26(19-27(35-29)28(33)31-14-12-30(2)13-15-31)21-10-11-24-22(18-21)17-20-7-4-5-8-23(20)24/h4-5,7-8,10-11,18-19,25-26,29,32H,3,6,9,12-17H2,1-2H3/t25-,26+,29+/m1/s1. The Labute approximate surface area is 208 Å². The normalized spacial score (nSPS) is 23.9. The maximum atomic E-state index is 13.5. The number of fused-ring (bicyclic) bond motifs is 3. The predicted molar refractivity (Wildman–Crippen MR) is 136 cm³/mol. The average Bonchev–Trinajstić information content (AvgIpc) is 3.25. The summed E-state index contributed by atoms with van der Waals surface area (Å²) in [7, 11) is 2.08. The molecule has 0 aromatic heterocycles. The maximum absolute atomic E-state index is 13.5. The molecule has 0 bridgehead atoms. The van der Waals surface area contributed by atoms with Crippen molar-refractivity contribution in [2.75, 3.05) is 46.4 Å². The quantitative estimate of drug-likeness (QED) is 0.562. The number of aliphatic hydroxyl groups is 1. The molecule has 35 heavy (non-hydrogen) atoms. The first-order valence-corrected chi connectivity index (χ1v) is 12.9. The molecule has 1 N–H and O–H groups in total. The van der Waals surface area contributed by atoms with E-state index >= 15 is 0 Å². The molecule has 3 atom stereocenters. The molecule has 1 amide bonds. The maximum Gasteiger partial charge on any atom is 0.288 e. The van der Waals surface area contributed by atoms with E-state index in [0.717, 1.165) is 25.9 Å². The van der Waals surface area contributed by atoms with Crippen LogP contribution in [0.25, 0.3) is 11.1 Å². The van der Waals surface area contributed by atoms with Crippen molar-refractivity contribution >= 4 is 5.91 Å². The van der Waals surface area contributed by atoms with Gasteiger partial charge in [-0.25, -0.2) is 0 Å². The lowest BCUT2D eigenvalue weighted by Gasteiger charge is -2.39. The van der Waals surface area contributed by atoms with Gasteiger partial charge in [-0.1, -0.05) is 42.5 Å². The molecule has 6 nitrogen and oxygen atoms in total. The number of hydrogen-bond donors (Lipinski definition) is 1. The van der Waals surface area contributed by atoms with Gasteiger partial charge >= 0.3 is 0 Å². The minimum absolute atomic E-state index is 0.0210. The number of nitrogens with zero attached hydrogens (tertiary/aromatic N) is 2. The van der Waals surface area contributed by atoms with Crippen LogP contribution in [0.1, 0.15) is 42.4 Å². The zero-order valence-corrected chi connectivity index (χ0v) is 20.8. The molecule has 6 heteroatoms. The third-order valence-corrected chi connectivity index (χ3v) is 7.62. The zero-order valence-electron chi connectivity index (χ0n) is 20.8. The van der Waals surface area contributed by atoms with Gasteiger partial charge in [0.25, 0.3) is 5.91 Å². The highest BCUT2D eigenvalue weighted by atomic mass is 16.7. The highest BCUT2D eigenvalue weighted by molar-refractivity contribution is 5.92. The predicted octanol–water partition coefficient (Wildman–Crippen LogP) is 3.78. The number of benzene rings is 2. The van der Waals surface area contributed by atoms with E-state index < -0.39 is 6.29 Å². The first-order chi connectivity index (χ1) is 17.1. The van der Waals surface area contributed by atoms with Gasteiger partial charge in [-0.05, 0) is 67.1 Å². The number of carbonyl (C=O) groups is 1. The van der Waals surface area contributed by atoms with Gasteiger partial charge in [0.2, 0.25) is 6.29 Å². The highest BCUT2D eigenvalue weighted by Gasteiger charge is 2.39. The number of hydrogen-bond acceptors (Lipinski definition) is 5. The lowest BCUT2D eigenvalue weighted by Crippen LogP contribution is -2.49. The second-order valence-corrected chi connectivity index (χ2v) is 9.87. The van der Waals surface area contributed by atoms with Gasteiger partial charge in [0.15, 0.2) is 5.76 Å². The monoisotopic (exact) mass is 476 g/mol. The van der Waals surface area contributed by atoms with Crippen LogP contribution in [0.3, 0.4) is 0 Å². The van der Waals surface area contributed by atoms with Gasteiger partial charge in [-0.15, -0.1) is 0 Å². The van der Waals surface area contributed by atoms with E-state index in [-0.39, 0.29) is 24.3 Å². The molecule has 1 saturated heterocycles. The second kappa shape index (κ2) is 10.5. The number of likely N-dealkylation sites (N-methyl/N-ethyl adjacent to an activating group) is 1. The van der Waals surface area contributed by atoms with Crippen molar-refractivity contribution in [1.29, 1.82) is 0 Å². The van der Waals surface area contributed by atoms with E-state index in [1.807, 2.05) is 17.9 Å². The van der Waals surface area contributed by atoms with Gasteiger partial charge in [-0.3, -0.25) is 4.79 Å². The van der Waals surface area contributed by atoms with Crippen LogP contribution >= 0.6 is 0 Å². The van der Waals surface area contributed by atoms with Gasteiger partial charge in [0, 0.05) is 51.2 Å². The molecule has 1 fully saturated rings. The molecule has 0 saturated carbocycles. The summed E-state index contributed by atoms with van der Waals surface area (Å²) >= 11 is 0. The van der Waals surface area contributed by atoms with E-state index in [9.17, 15) is 9.90 Å². The number of allylic oxidation sites excluding steroid dienone is 1. The molecule has 2 aliphatic heterocycles. The Morgan fingerprint density at radius 2 is 1.86 bits per heavy atom. The summed E-state index contributed by atoms with van der Waals surface area (Å²) in [4.78, 5) is 17.6. The van der Waals surface area contributed by atoms with Crippen LogP contribution in [0.15, 0.2) is 54.3 Å². The van der Waals surface area contributed by atoms with E-state index in [1.54, 1.807) is 0 Å². The number of carbonyl (C=O) groups excluding carboxylic acids is 1. The minimum Gasteiger partial charge on any atom is -0.459 e. The van der Waals surface area contributed by atoms with Crippen molar-refractivity contribution in [3.8, 4) is 11.1 Å². The van der Waals surface area contributed by atoms with Crippen molar-refractivity contribution in [2.24, 2.45) is 5.92 Å². The smallest absolute Gasteiger partial charge is 0.288 e. The van der Waals surface area contributed by atoms with Gasteiger partial charge in [0.05, 0.1) is 0 Å². The Hall–Kier alpha value is -2.67. The van der Waals surface area contributed by atoms with E-state index in [0.29, 0.717) is 31.9 Å². The lowest BCUT2D eigenvalue weighted by atomic mass is 9.79. The molecule has 0 spiro atoms. The van der Waals surface area contributed by atoms with Crippen molar-refractivity contribution in [1.82, 2.24) is 9.80 Å². The number of piperazine rings is 1. The van der Waals surface area contributed by atoms with Gasteiger partial charge < -0.3 is 24.4 Å². The highest BCUT2D eigenvalue weighted by Crippen LogP contribution is 2.43. The molecule has 0 unspecified atom stereocenters. The summed E-state index contributed by atoms with van der Waals surface area (Å²) in [5.74, 6) is 0.337. The fourth-order valence-corrected chi connectivity index (χ4v) is 5.68. The van der Waals surface area contributed by atoms with Crippen LogP contribution < -0.4 is 0 Å². The lowest BCUT2D eigenvalue weighted by molar-refractivity contribution is -0.170. The summed E-state index contributed by atoms with van der Waals surface area (Å²) in [6, 6.07) is 15.3. The summed E-state index contributed by atoms with van der Waals surface area (Å²) in [5, 5.41) is 9.57. The number of rotatable bonds is 7. The van der Waals surface area contributed by atoms with Gasteiger partial charge in [0.1, 0.15) is 0 Å². The fraction of sp³-hybridized carbons (Fsp3) is 0.483. The number of amides is 1. The van der Waals surface area contributed by atoms with Crippen LogP contribution in [0.2, 0.25) is 0 Å². The molecule has 2 aromatic rings. The van der Waals surface area contributed by atoms with Crippen molar-refractivity contribution in [3.63, 3.8) is 0 Å². The summed E-state index contributed by atoms with van der Waals surface area (Å²) in [6.45, 7) is 5.70. The topological polar surface area (TPSA) is 62.2 Å². The third kappa shape index (κ3) is 4.88. The Morgan fingerprint density at radius 3 is 2.63 bits per heavy atom. The molecule has 0 radical (unpaired) electrons. The first-order valence-electron chi connectivity index (χ1n) is 12.9. The fourth-order valence-electron chi connectivity index (χ4n) is 5.68. The number of aliphatic hydroxyl groups excluding tert-OH is 1. The Morgan fingerprint density at radius 1 is 1.09 bits per heavy atom. The van der Waals surface area contributed by atoms with Crippen LogP contribution in [0.5, 0.6) is 0 Å². The Kier molecular flexibility index (Phi) is 7.23. The van der Waals surface area contributed by atoms with Crippen molar-refractivity contribution < 1.29 is 19.4 Å². The largest absolute Gasteiger partial charge is 0.459 e. The Balaban J connectivity index is 1.49. The second-order valence-electron chi connectivity index (χ2n) is 9.87. The average molecular weight is 477 g/mol. The molecule has 1 aliphatic carbocycles. The zero-order chi connectivity index (χ0) is 24.4. The van der Waals surface area contributed by atoms with Crippen molar-refractivity contribution in [2.45, 2.75) is 38.4 Å². The SMILES string of the molecule is CCO[C@H]1OC(C(=O)N2CCN(C)CC2)=C[C@@H](c2ccc3c(c2)Cc2ccccc2-3)[C@H]1CCCO. The minimum atomic E-state index is -0.515. The summed E-state index contributed by atoms with van der Waals surface area (Å²) in [5.41, 5.74) is 6.46. The molecule has 5 rings (SSSR count). The van der Waals surface area contributed by atoms with Gasteiger partial charge in [-0.2, -0.15) is 0 Å². The van der Waals surface area contributed by atoms with E-state index in [1.165, 1.54) is 27.8 Å². The van der Waals surface area contributed by atoms with Crippen molar-refractivity contribution in [3.05, 3.63) is 71.0 Å². The molecule has 2 heterocycles. The van der Waals surface area contributed by atoms with Crippen LogP contribution in [0, 0.1) is 5.92 Å². The van der Waals surface area contributed by atoms with E-state index in [2.05, 4.69) is 54.4 Å². The van der Waals surface area contributed by atoms with Crippen LogP contribution in [-0.2, 0) is 20.7 Å².